The van der Waals surface area contributed by atoms with Gasteiger partial charge in [-0.25, -0.2) is 0 Å². The van der Waals surface area contributed by atoms with E-state index >= 15 is 0 Å². The first kappa shape index (κ1) is 17.3. The van der Waals surface area contributed by atoms with E-state index in [0.29, 0.717) is 17.1 Å². The second kappa shape index (κ2) is 7.45. The molecule has 7 nitrogen and oxygen atoms in total. The van der Waals surface area contributed by atoms with Gasteiger partial charge in [0.15, 0.2) is 5.75 Å². The summed E-state index contributed by atoms with van der Waals surface area (Å²) in [6.07, 6.45) is 1.51. The number of ether oxygens (including phenoxy) is 1. The van der Waals surface area contributed by atoms with Gasteiger partial charge >= 0.3 is 0 Å². The van der Waals surface area contributed by atoms with Gasteiger partial charge in [-0.3, -0.25) is 14.4 Å². The lowest BCUT2D eigenvalue weighted by molar-refractivity contribution is -0.117. The quantitative estimate of drug-likeness (QED) is 0.875. The van der Waals surface area contributed by atoms with Crippen LogP contribution in [0, 0.1) is 6.92 Å². The van der Waals surface area contributed by atoms with E-state index in [-0.39, 0.29) is 29.5 Å². The van der Waals surface area contributed by atoms with Crippen molar-refractivity contribution in [2.75, 3.05) is 17.7 Å². The lowest BCUT2D eigenvalue weighted by atomic mass is 10.2. The smallest absolute Gasteiger partial charge is 0.244 e. The van der Waals surface area contributed by atoms with Crippen LogP contribution in [0.3, 0.4) is 0 Å². The summed E-state index contributed by atoms with van der Waals surface area (Å²) in [5.41, 5.74) is 1.71. The van der Waals surface area contributed by atoms with Crippen LogP contribution in [0.25, 0.3) is 0 Å². The monoisotopic (exact) mass is 329 g/mol. The van der Waals surface area contributed by atoms with Gasteiger partial charge < -0.3 is 19.9 Å². The van der Waals surface area contributed by atoms with Crippen molar-refractivity contribution in [2.45, 2.75) is 20.4 Å². The molecule has 0 fully saturated rings. The predicted octanol–water partition coefficient (Wildman–Crippen LogP) is 1.76. The standard InChI is InChI=1S/C17H19N3O4/c1-11-8-15(22)16(24-3)9-20(11)10-17(23)19-14-6-4-13(5-7-14)18-12(2)21/h4-9H,10H2,1-3H3,(H,18,21)(H,19,23). The van der Waals surface area contributed by atoms with Crippen LogP contribution in [0.5, 0.6) is 5.75 Å². The van der Waals surface area contributed by atoms with E-state index in [4.69, 9.17) is 4.74 Å². The summed E-state index contributed by atoms with van der Waals surface area (Å²) >= 11 is 0. The number of carbonyl (C=O) groups is 2. The number of nitrogens with zero attached hydrogens (tertiary/aromatic N) is 1. The van der Waals surface area contributed by atoms with Gasteiger partial charge in [-0.2, -0.15) is 0 Å². The van der Waals surface area contributed by atoms with Crippen molar-refractivity contribution in [3.63, 3.8) is 0 Å². The van der Waals surface area contributed by atoms with Crippen molar-refractivity contribution in [3.8, 4) is 5.75 Å². The molecule has 0 aliphatic rings. The van der Waals surface area contributed by atoms with Crippen molar-refractivity contribution in [1.29, 1.82) is 0 Å². The van der Waals surface area contributed by atoms with E-state index in [9.17, 15) is 14.4 Å². The molecule has 0 saturated carbocycles. The number of aryl methyl sites for hydroxylation is 1. The Balaban J connectivity index is 2.05. The van der Waals surface area contributed by atoms with Crippen LogP contribution >= 0.6 is 0 Å². The van der Waals surface area contributed by atoms with Gasteiger partial charge in [0.05, 0.1) is 13.3 Å². The van der Waals surface area contributed by atoms with E-state index in [2.05, 4.69) is 10.6 Å². The Morgan fingerprint density at radius 2 is 1.71 bits per heavy atom. The maximum absolute atomic E-state index is 12.2. The second-order valence-electron chi connectivity index (χ2n) is 5.28. The third-order valence-electron chi connectivity index (χ3n) is 3.33. The summed E-state index contributed by atoms with van der Waals surface area (Å²) in [7, 11) is 1.41. The van der Waals surface area contributed by atoms with Crippen molar-refractivity contribution in [1.82, 2.24) is 4.57 Å². The normalized spacial score (nSPS) is 10.1. The van der Waals surface area contributed by atoms with Crippen LogP contribution in [-0.4, -0.2) is 23.5 Å². The number of hydrogen-bond acceptors (Lipinski definition) is 4. The summed E-state index contributed by atoms with van der Waals surface area (Å²) in [6.45, 7) is 3.23. The minimum atomic E-state index is -0.240. The topological polar surface area (TPSA) is 89.4 Å². The van der Waals surface area contributed by atoms with Crippen LogP contribution in [0.1, 0.15) is 12.6 Å². The molecule has 0 aliphatic carbocycles. The molecule has 0 atom stereocenters. The van der Waals surface area contributed by atoms with Crippen LogP contribution in [-0.2, 0) is 16.1 Å². The third-order valence-corrected chi connectivity index (χ3v) is 3.33. The van der Waals surface area contributed by atoms with Crippen molar-refractivity contribution < 1.29 is 14.3 Å². The average Bonchev–Trinajstić information content (AvgIpc) is 2.51. The van der Waals surface area contributed by atoms with Gasteiger partial charge in [-0.05, 0) is 31.2 Å². The first-order valence-corrected chi connectivity index (χ1v) is 7.31. The fraction of sp³-hybridized carbons (Fsp3) is 0.235. The molecule has 0 bridgehead atoms. The number of rotatable bonds is 5. The molecular weight excluding hydrogens is 310 g/mol. The summed E-state index contributed by atoms with van der Waals surface area (Å²) in [4.78, 5) is 34.8. The van der Waals surface area contributed by atoms with Gasteiger partial charge in [0.25, 0.3) is 0 Å². The zero-order valence-corrected chi connectivity index (χ0v) is 13.8. The Kier molecular flexibility index (Phi) is 5.36. The minimum absolute atomic E-state index is 0.0515. The number of anilines is 2. The molecule has 2 aromatic rings. The van der Waals surface area contributed by atoms with Gasteiger partial charge in [0, 0.05) is 30.1 Å². The van der Waals surface area contributed by atoms with E-state index in [0.717, 1.165) is 0 Å². The van der Waals surface area contributed by atoms with Crippen LogP contribution in [0.4, 0.5) is 11.4 Å². The first-order valence-electron chi connectivity index (χ1n) is 7.31. The molecule has 2 amide bonds. The number of aromatic nitrogens is 1. The number of nitrogens with one attached hydrogen (secondary N) is 2. The molecule has 24 heavy (non-hydrogen) atoms. The fourth-order valence-corrected chi connectivity index (χ4v) is 2.17. The summed E-state index contributed by atoms with van der Waals surface area (Å²) in [5, 5.41) is 5.41. The van der Waals surface area contributed by atoms with Crippen molar-refractivity contribution in [2.24, 2.45) is 0 Å². The molecule has 2 rings (SSSR count). The maximum atomic E-state index is 12.2. The third kappa shape index (κ3) is 4.45. The van der Waals surface area contributed by atoms with Crippen LogP contribution < -0.4 is 20.8 Å². The highest BCUT2D eigenvalue weighted by Crippen LogP contribution is 2.14. The first-order chi connectivity index (χ1) is 11.4. The lowest BCUT2D eigenvalue weighted by Gasteiger charge is -2.12. The average molecular weight is 329 g/mol. The number of amides is 2. The number of methoxy groups -OCH3 is 1. The van der Waals surface area contributed by atoms with Gasteiger partial charge in [0.1, 0.15) is 6.54 Å². The number of pyridine rings is 1. The fourth-order valence-electron chi connectivity index (χ4n) is 2.17. The molecule has 0 spiro atoms. The van der Waals surface area contributed by atoms with Crippen LogP contribution in [0.15, 0.2) is 41.3 Å². The van der Waals surface area contributed by atoms with Gasteiger partial charge in [0.2, 0.25) is 17.2 Å². The van der Waals surface area contributed by atoms with E-state index in [1.54, 1.807) is 35.8 Å². The predicted molar refractivity (Wildman–Crippen MR) is 91.4 cm³/mol. The molecule has 126 valence electrons. The summed E-state index contributed by atoms with van der Waals surface area (Å²) in [5.74, 6) is -0.210. The largest absolute Gasteiger partial charge is 0.491 e. The molecule has 0 unspecified atom stereocenters. The lowest BCUT2D eigenvalue weighted by Crippen LogP contribution is -2.22. The number of carbonyl (C=O) groups excluding carboxylic acids is 2. The molecule has 7 heteroatoms. The van der Waals surface area contributed by atoms with E-state index in [1.807, 2.05) is 0 Å². The molecule has 0 radical (unpaired) electrons. The Labute approximate surface area is 139 Å². The zero-order chi connectivity index (χ0) is 17.7. The highest BCUT2D eigenvalue weighted by Gasteiger charge is 2.08. The Morgan fingerprint density at radius 1 is 1.12 bits per heavy atom. The summed E-state index contributed by atoms with van der Waals surface area (Å²) < 4.78 is 6.63. The van der Waals surface area contributed by atoms with Crippen LogP contribution in [0.2, 0.25) is 0 Å². The minimum Gasteiger partial charge on any atom is -0.491 e. The molecule has 1 aromatic carbocycles. The highest BCUT2D eigenvalue weighted by atomic mass is 16.5. The van der Waals surface area contributed by atoms with Crippen molar-refractivity contribution in [3.05, 3.63) is 52.4 Å². The maximum Gasteiger partial charge on any atom is 0.244 e. The SMILES string of the molecule is COc1cn(CC(=O)Nc2ccc(NC(C)=O)cc2)c(C)cc1=O. The molecule has 1 heterocycles. The highest BCUT2D eigenvalue weighted by molar-refractivity contribution is 5.92. The number of benzene rings is 1. The molecule has 1 aromatic heterocycles. The van der Waals surface area contributed by atoms with Crippen molar-refractivity contribution >= 4 is 23.2 Å². The van der Waals surface area contributed by atoms with E-state index in [1.165, 1.54) is 26.3 Å². The molecular formula is C17H19N3O4. The molecule has 0 saturated heterocycles. The number of hydrogen-bond donors (Lipinski definition) is 2. The zero-order valence-electron chi connectivity index (χ0n) is 13.8. The Bertz CT molecular complexity index is 810. The molecule has 2 N–H and O–H groups in total. The van der Waals surface area contributed by atoms with E-state index < -0.39 is 0 Å². The Morgan fingerprint density at radius 3 is 2.25 bits per heavy atom. The second-order valence-corrected chi connectivity index (χ2v) is 5.28. The van der Waals surface area contributed by atoms with Gasteiger partial charge in [-0.1, -0.05) is 0 Å². The Hall–Kier alpha value is -3.09. The van der Waals surface area contributed by atoms with Gasteiger partial charge in [-0.15, -0.1) is 0 Å². The summed E-state index contributed by atoms with van der Waals surface area (Å²) in [6, 6.07) is 8.22. The molecule has 0 aliphatic heterocycles.